The third-order valence-corrected chi connectivity index (χ3v) is 8.21. The van der Waals surface area contributed by atoms with Gasteiger partial charge in [0, 0.05) is 13.1 Å². The number of nitrogens with zero attached hydrogens (tertiary/aromatic N) is 1. The van der Waals surface area contributed by atoms with Crippen LogP contribution in [0.4, 0.5) is 4.79 Å². The van der Waals surface area contributed by atoms with Crippen LogP contribution in [0.1, 0.15) is 111 Å². The Labute approximate surface area is 192 Å². The molecule has 2 aliphatic carbocycles. The van der Waals surface area contributed by atoms with Gasteiger partial charge in [-0.2, -0.15) is 0 Å². The van der Waals surface area contributed by atoms with Crippen molar-refractivity contribution in [1.82, 2.24) is 10.2 Å². The van der Waals surface area contributed by atoms with Crippen molar-refractivity contribution in [2.45, 2.75) is 116 Å². The van der Waals surface area contributed by atoms with Crippen LogP contribution in [-0.2, 0) is 4.74 Å². The standard InChI is InChI=1S/C16H29NO2.C11H21N/c1-16(2,3)19-15(18)17-11-9-14(10-12-17)13-7-5-4-6-8-13;1-2-4-10(5-3-1)11-6-8-12-9-7-11/h13-14H,4-12H2,1-3H3;10-12H,1-9H2. The first-order chi connectivity index (χ1) is 14.9. The molecule has 0 atom stereocenters. The van der Waals surface area contributed by atoms with E-state index < -0.39 is 0 Å². The fraction of sp³-hybridized carbons (Fsp3) is 0.963. The van der Waals surface area contributed by atoms with E-state index in [1.807, 2.05) is 25.7 Å². The van der Waals surface area contributed by atoms with E-state index in [-0.39, 0.29) is 11.7 Å². The molecule has 0 aromatic rings. The Balaban J connectivity index is 0.000000194. The highest BCUT2D eigenvalue weighted by Crippen LogP contribution is 2.36. The highest BCUT2D eigenvalue weighted by Gasteiger charge is 2.31. The molecule has 1 N–H and O–H groups in total. The van der Waals surface area contributed by atoms with E-state index in [9.17, 15) is 4.79 Å². The van der Waals surface area contributed by atoms with Crippen LogP contribution in [0.2, 0.25) is 0 Å². The molecule has 180 valence electrons. The van der Waals surface area contributed by atoms with Gasteiger partial charge in [0.25, 0.3) is 0 Å². The Morgan fingerprint density at radius 1 is 0.677 bits per heavy atom. The minimum atomic E-state index is -0.378. The van der Waals surface area contributed by atoms with Gasteiger partial charge in [-0.25, -0.2) is 4.79 Å². The minimum Gasteiger partial charge on any atom is -0.444 e. The molecule has 31 heavy (non-hydrogen) atoms. The van der Waals surface area contributed by atoms with Crippen LogP contribution in [0.25, 0.3) is 0 Å². The third-order valence-electron chi connectivity index (χ3n) is 8.21. The fourth-order valence-corrected chi connectivity index (χ4v) is 6.41. The number of nitrogens with one attached hydrogen (secondary N) is 1. The molecule has 2 aliphatic heterocycles. The summed E-state index contributed by atoms with van der Waals surface area (Å²) in [7, 11) is 0. The van der Waals surface area contributed by atoms with Crippen molar-refractivity contribution in [2.75, 3.05) is 26.2 Å². The Bertz CT molecular complexity index is 488. The molecule has 4 heteroatoms. The predicted molar refractivity (Wildman–Crippen MR) is 129 cm³/mol. The lowest BCUT2D eigenvalue weighted by Crippen LogP contribution is -2.43. The lowest BCUT2D eigenvalue weighted by atomic mass is 9.76. The predicted octanol–water partition coefficient (Wildman–Crippen LogP) is 6.78. The second-order valence-electron chi connectivity index (χ2n) is 11.7. The summed E-state index contributed by atoms with van der Waals surface area (Å²) >= 11 is 0. The molecule has 2 saturated carbocycles. The van der Waals surface area contributed by atoms with Crippen molar-refractivity contribution in [1.29, 1.82) is 0 Å². The molecule has 2 saturated heterocycles. The zero-order chi connectivity index (χ0) is 22.1. The number of carbonyl (C=O) groups excluding carboxylic acids is 1. The SMILES string of the molecule is C1CCC(C2CCNCC2)CC1.CC(C)(C)OC(=O)N1CCC(C2CCCCC2)CC1. The number of hydrogen-bond acceptors (Lipinski definition) is 3. The maximum Gasteiger partial charge on any atom is 0.410 e. The number of rotatable bonds is 2. The van der Waals surface area contributed by atoms with Crippen LogP contribution in [0.5, 0.6) is 0 Å². The number of ether oxygens (including phenoxy) is 1. The summed E-state index contributed by atoms with van der Waals surface area (Å²) in [6.45, 7) is 10.1. The van der Waals surface area contributed by atoms with Crippen molar-refractivity contribution in [2.24, 2.45) is 23.7 Å². The van der Waals surface area contributed by atoms with E-state index in [2.05, 4.69) is 5.32 Å². The van der Waals surface area contributed by atoms with E-state index in [0.717, 1.165) is 36.8 Å². The molecule has 0 radical (unpaired) electrons. The quantitative estimate of drug-likeness (QED) is 0.521. The van der Waals surface area contributed by atoms with Gasteiger partial charge in [-0.15, -0.1) is 0 Å². The second kappa shape index (κ2) is 12.5. The van der Waals surface area contributed by atoms with E-state index in [1.165, 1.54) is 103 Å². The lowest BCUT2D eigenvalue weighted by molar-refractivity contribution is 0.0148. The van der Waals surface area contributed by atoms with Gasteiger partial charge < -0.3 is 15.0 Å². The highest BCUT2D eigenvalue weighted by atomic mass is 16.6. The van der Waals surface area contributed by atoms with E-state index in [4.69, 9.17) is 4.74 Å². The molecule has 0 bridgehead atoms. The molecule has 4 aliphatic rings. The van der Waals surface area contributed by atoms with E-state index in [0.29, 0.717) is 0 Å². The number of amides is 1. The van der Waals surface area contributed by atoms with Crippen molar-refractivity contribution < 1.29 is 9.53 Å². The number of hydrogen-bond donors (Lipinski definition) is 1. The van der Waals surface area contributed by atoms with Gasteiger partial charge in [-0.05, 0) is 83.2 Å². The van der Waals surface area contributed by atoms with Crippen molar-refractivity contribution >= 4 is 6.09 Å². The minimum absolute atomic E-state index is 0.130. The van der Waals surface area contributed by atoms with Crippen LogP contribution in [0.3, 0.4) is 0 Å². The molecule has 4 fully saturated rings. The third kappa shape index (κ3) is 8.59. The van der Waals surface area contributed by atoms with Crippen molar-refractivity contribution in [3.05, 3.63) is 0 Å². The Kier molecular flexibility index (Phi) is 10.00. The zero-order valence-electron chi connectivity index (χ0n) is 20.8. The average molecular weight is 435 g/mol. The van der Waals surface area contributed by atoms with Gasteiger partial charge in [0.05, 0.1) is 0 Å². The van der Waals surface area contributed by atoms with Crippen LogP contribution < -0.4 is 5.32 Å². The number of piperidine rings is 2. The van der Waals surface area contributed by atoms with Gasteiger partial charge in [0.2, 0.25) is 0 Å². The van der Waals surface area contributed by atoms with Crippen LogP contribution in [0.15, 0.2) is 0 Å². The topological polar surface area (TPSA) is 41.6 Å². The smallest absolute Gasteiger partial charge is 0.410 e. The maximum atomic E-state index is 12.0. The molecule has 4 nitrogen and oxygen atoms in total. The van der Waals surface area contributed by atoms with E-state index >= 15 is 0 Å². The highest BCUT2D eigenvalue weighted by molar-refractivity contribution is 5.68. The first-order valence-electron chi connectivity index (χ1n) is 13.6. The summed E-state index contributed by atoms with van der Waals surface area (Å²) in [5.41, 5.74) is -0.378. The van der Waals surface area contributed by atoms with Gasteiger partial charge >= 0.3 is 6.09 Å². The summed E-state index contributed by atoms with van der Waals surface area (Å²) in [5.74, 6) is 3.95. The fourth-order valence-electron chi connectivity index (χ4n) is 6.41. The lowest BCUT2D eigenvalue weighted by Gasteiger charge is -2.38. The second-order valence-corrected chi connectivity index (χ2v) is 11.7. The molecule has 2 heterocycles. The first-order valence-corrected chi connectivity index (χ1v) is 13.6. The van der Waals surface area contributed by atoms with Crippen LogP contribution >= 0.6 is 0 Å². The van der Waals surface area contributed by atoms with Gasteiger partial charge in [-0.3, -0.25) is 0 Å². The van der Waals surface area contributed by atoms with Gasteiger partial charge in [0.1, 0.15) is 5.60 Å². The molecule has 0 aromatic carbocycles. The normalized spacial score (nSPS) is 25.6. The Morgan fingerprint density at radius 3 is 1.55 bits per heavy atom. The van der Waals surface area contributed by atoms with Crippen molar-refractivity contribution in [3.63, 3.8) is 0 Å². The molecular weight excluding hydrogens is 384 g/mol. The number of likely N-dealkylation sites (tertiary alicyclic amines) is 1. The molecule has 0 aromatic heterocycles. The summed E-state index contributed by atoms with van der Waals surface area (Å²) in [6, 6.07) is 0. The molecule has 0 unspecified atom stereocenters. The molecule has 0 spiro atoms. The summed E-state index contributed by atoms with van der Waals surface area (Å²) in [4.78, 5) is 13.9. The van der Waals surface area contributed by atoms with Gasteiger partial charge in [-0.1, -0.05) is 64.2 Å². The van der Waals surface area contributed by atoms with Crippen LogP contribution in [0, 0.1) is 23.7 Å². The molecular formula is C27H50N2O2. The summed E-state index contributed by atoms with van der Waals surface area (Å²) in [6.07, 6.45) is 19.8. The van der Waals surface area contributed by atoms with E-state index in [1.54, 1.807) is 0 Å². The average Bonchev–Trinajstić information content (AvgIpc) is 2.80. The van der Waals surface area contributed by atoms with Crippen molar-refractivity contribution in [3.8, 4) is 0 Å². The first kappa shape index (κ1) is 24.9. The van der Waals surface area contributed by atoms with Gasteiger partial charge in [0.15, 0.2) is 0 Å². The largest absolute Gasteiger partial charge is 0.444 e. The molecule has 1 amide bonds. The summed E-state index contributed by atoms with van der Waals surface area (Å²) in [5, 5.41) is 3.45. The zero-order valence-corrected chi connectivity index (χ0v) is 20.8. The number of carbonyl (C=O) groups is 1. The Morgan fingerprint density at radius 2 is 1.10 bits per heavy atom. The Hall–Kier alpha value is -0.770. The monoisotopic (exact) mass is 434 g/mol. The summed E-state index contributed by atoms with van der Waals surface area (Å²) < 4.78 is 5.44. The maximum absolute atomic E-state index is 12.0. The molecule has 4 rings (SSSR count). The van der Waals surface area contributed by atoms with Crippen LogP contribution in [-0.4, -0.2) is 42.8 Å².